The predicted octanol–water partition coefficient (Wildman–Crippen LogP) is 2.00. The number of carboxylic acid groups (broad SMARTS) is 1. The lowest BCUT2D eigenvalue weighted by Crippen LogP contribution is -2.06. The summed E-state index contributed by atoms with van der Waals surface area (Å²) in [6.07, 6.45) is 0. The lowest BCUT2D eigenvalue weighted by molar-refractivity contribution is 0.0692. The molecule has 0 saturated carbocycles. The van der Waals surface area contributed by atoms with Gasteiger partial charge in [-0.2, -0.15) is 5.26 Å². The first-order chi connectivity index (χ1) is 7.15. The maximum absolute atomic E-state index is 11.0. The van der Waals surface area contributed by atoms with E-state index in [-0.39, 0.29) is 28.3 Å². The number of rotatable bonds is 3. The lowest BCUT2D eigenvalue weighted by Gasteiger charge is -2.09. The number of nitrogens with zero attached hydrogens (tertiary/aromatic N) is 1. The van der Waals surface area contributed by atoms with Gasteiger partial charge in [0.25, 0.3) is 0 Å². The molecule has 1 aromatic carbocycles. The van der Waals surface area contributed by atoms with E-state index >= 15 is 0 Å². The molecule has 15 heavy (non-hydrogen) atoms. The van der Waals surface area contributed by atoms with Crippen LogP contribution in [0.5, 0.6) is 5.75 Å². The fourth-order valence-corrected chi connectivity index (χ4v) is 1.55. The van der Waals surface area contributed by atoms with Crippen LogP contribution >= 0.6 is 11.6 Å². The smallest absolute Gasteiger partial charge is 0.339 e. The van der Waals surface area contributed by atoms with Crippen LogP contribution in [0.3, 0.4) is 0 Å². The van der Waals surface area contributed by atoms with Crippen molar-refractivity contribution >= 4 is 17.6 Å². The summed E-state index contributed by atoms with van der Waals surface area (Å²) in [5.41, 5.74) is 0.487. The van der Waals surface area contributed by atoms with E-state index in [4.69, 9.17) is 26.7 Å². The molecule has 4 nitrogen and oxygen atoms in total. The van der Waals surface area contributed by atoms with E-state index < -0.39 is 5.97 Å². The second kappa shape index (κ2) is 4.67. The van der Waals surface area contributed by atoms with Gasteiger partial charge in [-0.3, -0.25) is 0 Å². The van der Waals surface area contributed by atoms with E-state index in [1.54, 1.807) is 0 Å². The first-order valence-corrected chi connectivity index (χ1v) is 4.58. The van der Waals surface area contributed by atoms with Gasteiger partial charge in [-0.25, -0.2) is 4.79 Å². The standard InChI is InChI=1S/C10H8ClNO3/c1-15-8-3-2-6(5-12)7(4-11)9(8)10(13)14/h2-3H,4H2,1H3,(H,13,14). The van der Waals surface area contributed by atoms with E-state index in [9.17, 15) is 4.79 Å². The van der Waals surface area contributed by atoms with Gasteiger partial charge in [-0.05, 0) is 12.1 Å². The molecule has 0 heterocycles. The van der Waals surface area contributed by atoms with Crippen LogP contribution in [0.1, 0.15) is 21.5 Å². The molecule has 0 bridgehead atoms. The van der Waals surface area contributed by atoms with Crippen molar-refractivity contribution in [3.63, 3.8) is 0 Å². The highest BCUT2D eigenvalue weighted by molar-refractivity contribution is 6.18. The zero-order valence-corrected chi connectivity index (χ0v) is 8.71. The second-order valence-corrected chi connectivity index (χ2v) is 2.99. The number of halogens is 1. The number of benzene rings is 1. The Morgan fingerprint density at radius 3 is 2.73 bits per heavy atom. The predicted molar refractivity (Wildman–Crippen MR) is 54.2 cm³/mol. The third-order valence-electron chi connectivity index (χ3n) is 1.96. The molecule has 78 valence electrons. The molecule has 1 N–H and O–H groups in total. The van der Waals surface area contributed by atoms with Gasteiger partial charge in [-0.15, -0.1) is 11.6 Å². The Bertz CT molecular complexity index is 437. The van der Waals surface area contributed by atoms with Crippen molar-refractivity contribution in [2.24, 2.45) is 0 Å². The Hall–Kier alpha value is -1.73. The zero-order valence-electron chi connectivity index (χ0n) is 7.95. The Balaban J connectivity index is 3.53. The molecule has 0 spiro atoms. The van der Waals surface area contributed by atoms with Crippen LogP contribution in [-0.2, 0) is 5.88 Å². The van der Waals surface area contributed by atoms with Gasteiger partial charge in [0.05, 0.1) is 18.7 Å². The van der Waals surface area contributed by atoms with Crippen LogP contribution in [0.25, 0.3) is 0 Å². The molecule has 0 aliphatic carbocycles. The number of carboxylic acids is 1. The minimum Gasteiger partial charge on any atom is -0.496 e. The Morgan fingerprint density at radius 2 is 2.33 bits per heavy atom. The van der Waals surface area contributed by atoms with Crippen molar-refractivity contribution in [3.05, 3.63) is 28.8 Å². The van der Waals surface area contributed by atoms with Crippen LogP contribution in [0.4, 0.5) is 0 Å². The summed E-state index contributed by atoms with van der Waals surface area (Å²) < 4.78 is 4.90. The summed E-state index contributed by atoms with van der Waals surface area (Å²) in [7, 11) is 1.37. The number of alkyl halides is 1. The van der Waals surface area contributed by atoms with Gasteiger partial charge in [-0.1, -0.05) is 0 Å². The summed E-state index contributed by atoms with van der Waals surface area (Å²) >= 11 is 5.62. The zero-order chi connectivity index (χ0) is 11.4. The Morgan fingerprint density at radius 1 is 1.67 bits per heavy atom. The largest absolute Gasteiger partial charge is 0.496 e. The highest BCUT2D eigenvalue weighted by Gasteiger charge is 2.18. The van der Waals surface area contributed by atoms with Crippen LogP contribution in [0, 0.1) is 11.3 Å². The van der Waals surface area contributed by atoms with Crippen molar-refractivity contribution in [2.75, 3.05) is 7.11 Å². The summed E-state index contributed by atoms with van der Waals surface area (Å²) in [6, 6.07) is 4.82. The Labute approximate surface area is 91.7 Å². The molecule has 0 amide bonds. The van der Waals surface area contributed by atoms with Gasteiger partial charge in [0.1, 0.15) is 11.3 Å². The number of ether oxygens (including phenoxy) is 1. The van der Waals surface area contributed by atoms with Crippen molar-refractivity contribution in [1.29, 1.82) is 5.26 Å². The van der Waals surface area contributed by atoms with Crippen LogP contribution in [-0.4, -0.2) is 18.2 Å². The number of nitriles is 1. The minimum atomic E-state index is -1.15. The van der Waals surface area contributed by atoms with E-state index in [0.29, 0.717) is 0 Å². The summed E-state index contributed by atoms with van der Waals surface area (Å²) in [5.74, 6) is -0.987. The van der Waals surface area contributed by atoms with Crippen molar-refractivity contribution < 1.29 is 14.6 Å². The second-order valence-electron chi connectivity index (χ2n) is 2.72. The molecule has 0 aliphatic rings. The molecule has 0 saturated heterocycles. The first-order valence-electron chi connectivity index (χ1n) is 4.05. The van der Waals surface area contributed by atoms with Crippen LogP contribution in [0.15, 0.2) is 12.1 Å². The van der Waals surface area contributed by atoms with Crippen LogP contribution < -0.4 is 4.74 Å². The van der Waals surface area contributed by atoms with Crippen molar-refractivity contribution in [3.8, 4) is 11.8 Å². The molecule has 5 heteroatoms. The topological polar surface area (TPSA) is 70.3 Å². The minimum absolute atomic E-state index is 0.0400. The number of methoxy groups -OCH3 is 1. The summed E-state index contributed by atoms with van der Waals surface area (Å²) in [5, 5.41) is 17.8. The fourth-order valence-electron chi connectivity index (χ4n) is 1.27. The molecule has 1 rings (SSSR count). The Kier molecular flexibility index (Phi) is 3.53. The number of carbonyl (C=O) groups is 1. The van der Waals surface area contributed by atoms with Gasteiger partial charge < -0.3 is 9.84 Å². The summed E-state index contributed by atoms with van der Waals surface area (Å²) in [6.45, 7) is 0. The molecule has 0 aliphatic heterocycles. The molecular weight excluding hydrogens is 218 g/mol. The monoisotopic (exact) mass is 225 g/mol. The third kappa shape index (κ3) is 2.03. The molecule has 0 unspecified atom stereocenters. The average Bonchev–Trinajstić information content (AvgIpc) is 2.26. The van der Waals surface area contributed by atoms with E-state index in [1.807, 2.05) is 6.07 Å². The van der Waals surface area contributed by atoms with Crippen LogP contribution in [0.2, 0.25) is 0 Å². The molecular formula is C10H8ClNO3. The highest BCUT2D eigenvalue weighted by Crippen LogP contribution is 2.26. The molecule has 1 aromatic rings. The van der Waals surface area contributed by atoms with Gasteiger partial charge in [0.15, 0.2) is 0 Å². The van der Waals surface area contributed by atoms with Crippen molar-refractivity contribution in [2.45, 2.75) is 5.88 Å². The molecule has 0 radical (unpaired) electrons. The van der Waals surface area contributed by atoms with Crippen molar-refractivity contribution in [1.82, 2.24) is 0 Å². The van der Waals surface area contributed by atoms with E-state index in [1.165, 1.54) is 19.2 Å². The third-order valence-corrected chi connectivity index (χ3v) is 2.23. The normalized spacial score (nSPS) is 9.40. The number of hydrogen-bond donors (Lipinski definition) is 1. The van der Waals surface area contributed by atoms with Gasteiger partial charge in [0.2, 0.25) is 0 Å². The van der Waals surface area contributed by atoms with Gasteiger partial charge >= 0.3 is 5.97 Å². The quantitative estimate of drug-likeness (QED) is 0.799. The first kappa shape index (κ1) is 11.3. The fraction of sp³-hybridized carbons (Fsp3) is 0.200. The lowest BCUT2D eigenvalue weighted by atomic mass is 10.0. The van der Waals surface area contributed by atoms with E-state index in [0.717, 1.165) is 0 Å². The average molecular weight is 226 g/mol. The number of hydrogen-bond acceptors (Lipinski definition) is 3. The molecule has 0 fully saturated rings. The maximum Gasteiger partial charge on any atom is 0.339 e. The van der Waals surface area contributed by atoms with Gasteiger partial charge in [0, 0.05) is 11.4 Å². The maximum atomic E-state index is 11.0. The molecule has 0 atom stereocenters. The van der Waals surface area contributed by atoms with E-state index in [2.05, 4.69) is 0 Å². The number of aromatic carboxylic acids is 1. The highest BCUT2D eigenvalue weighted by atomic mass is 35.5. The molecule has 0 aromatic heterocycles. The summed E-state index contributed by atoms with van der Waals surface area (Å²) in [4.78, 5) is 11.0. The SMILES string of the molecule is COc1ccc(C#N)c(CCl)c1C(=O)O.